The highest BCUT2D eigenvalue weighted by atomic mass is 16.5. The molecule has 0 heterocycles. The van der Waals surface area contributed by atoms with E-state index in [9.17, 15) is 9.90 Å². The SMILES string of the molecule is C=C1C=CC(=O)C[C@@H]1[C@H](O)c1cc(OC)cc(OC)c1. The lowest BCUT2D eigenvalue weighted by molar-refractivity contribution is -0.116. The van der Waals surface area contributed by atoms with Gasteiger partial charge in [-0.05, 0) is 29.3 Å². The number of methoxy groups -OCH3 is 2. The van der Waals surface area contributed by atoms with Crippen molar-refractivity contribution in [2.24, 2.45) is 5.92 Å². The van der Waals surface area contributed by atoms with E-state index in [0.717, 1.165) is 5.57 Å². The van der Waals surface area contributed by atoms with Gasteiger partial charge in [0.05, 0.1) is 20.3 Å². The highest BCUT2D eigenvalue weighted by Crippen LogP contribution is 2.36. The molecule has 4 heteroatoms. The highest BCUT2D eigenvalue weighted by molar-refractivity contribution is 5.92. The minimum Gasteiger partial charge on any atom is -0.497 e. The summed E-state index contributed by atoms with van der Waals surface area (Å²) in [5.74, 6) is 0.879. The molecule has 2 rings (SSSR count). The van der Waals surface area contributed by atoms with E-state index in [-0.39, 0.29) is 18.1 Å². The molecule has 0 radical (unpaired) electrons. The third-order valence-electron chi connectivity index (χ3n) is 3.48. The van der Waals surface area contributed by atoms with Gasteiger partial charge in [-0.2, -0.15) is 0 Å². The summed E-state index contributed by atoms with van der Waals surface area (Å²) in [7, 11) is 3.10. The Bertz CT molecular complexity index is 537. The third kappa shape index (κ3) is 2.91. The zero-order valence-corrected chi connectivity index (χ0v) is 11.6. The molecule has 1 N–H and O–H groups in total. The number of hydrogen-bond donors (Lipinski definition) is 1. The summed E-state index contributed by atoms with van der Waals surface area (Å²) in [6.45, 7) is 3.90. The summed E-state index contributed by atoms with van der Waals surface area (Å²) in [6.07, 6.45) is 2.60. The lowest BCUT2D eigenvalue weighted by Gasteiger charge is -2.26. The van der Waals surface area contributed by atoms with Crippen molar-refractivity contribution >= 4 is 5.78 Å². The molecule has 0 saturated heterocycles. The summed E-state index contributed by atoms with van der Waals surface area (Å²) in [5.41, 5.74) is 1.40. The van der Waals surface area contributed by atoms with Gasteiger partial charge in [-0.15, -0.1) is 0 Å². The van der Waals surface area contributed by atoms with E-state index in [4.69, 9.17) is 9.47 Å². The van der Waals surface area contributed by atoms with Crippen LogP contribution in [0.3, 0.4) is 0 Å². The van der Waals surface area contributed by atoms with E-state index in [0.29, 0.717) is 17.1 Å². The first-order valence-electron chi connectivity index (χ1n) is 6.36. The summed E-state index contributed by atoms with van der Waals surface area (Å²) >= 11 is 0. The maximum absolute atomic E-state index is 11.5. The van der Waals surface area contributed by atoms with E-state index < -0.39 is 6.10 Å². The lowest BCUT2D eigenvalue weighted by atomic mass is 9.82. The van der Waals surface area contributed by atoms with Gasteiger partial charge >= 0.3 is 0 Å². The molecule has 0 aromatic heterocycles. The number of hydrogen-bond acceptors (Lipinski definition) is 4. The number of aliphatic hydroxyl groups excluding tert-OH is 1. The summed E-state index contributed by atoms with van der Waals surface area (Å²) in [6, 6.07) is 5.21. The molecule has 0 saturated carbocycles. The average Bonchev–Trinajstić information content (AvgIpc) is 2.48. The van der Waals surface area contributed by atoms with Gasteiger partial charge < -0.3 is 14.6 Å². The van der Waals surface area contributed by atoms with Crippen LogP contribution in [0.25, 0.3) is 0 Å². The van der Waals surface area contributed by atoms with Crippen LogP contribution in [0.15, 0.2) is 42.5 Å². The van der Waals surface area contributed by atoms with Crippen LogP contribution in [0.2, 0.25) is 0 Å². The van der Waals surface area contributed by atoms with Crippen LogP contribution >= 0.6 is 0 Å². The van der Waals surface area contributed by atoms with Crippen LogP contribution in [0.5, 0.6) is 11.5 Å². The van der Waals surface area contributed by atoms with Crippen LogP contribution in [0, 0.1) is 5.92 Å². The largest absolute Gasteiger partial charge is 0.497 e. The zero-order chi connectivity index (χ0) is 14.7. The molecule has 0 bridgehead atoms. The molecule has 0 aliphatic heterocycles. The first-order chi connectivity index (χ1) is 9.55. The zero-order valence-electron chi connectivity index (χ0n) is 11.6. The van der Waals surface area contributed by atoms with Crippen molar-refractivity contribution in [2.45, 2.75) is 12.5 Å². The van der Waals surface area contributed by atoms with Crippen molar-refractivity contribution in [3.63, 3.8) is 0 Å². The molecule has 2 atom stereocenters. The van der Waals surface area contributed by atoms with Crippen molar-refractivity contribution in [3.8, 4) is 11.5 Å². The Morgan fingerprint density at radius 2 is 1.80 bits per heavy atom. The van der Waals surface area contributed by atoms with Gasteiger partial charge in [0.1, 0.15) is 11.5 Å². The first kappa shape index (κ1) is 14.3. The monoisotopic (exact) mass is 274 g/mol. The minimum atomic E-state index is -0.819. The fourth-order valence-electron chi connectivity index (χ4n) is 2.29. The standard InChI is InChI=1S/C16H18O4/c1-10-4-5-12(17)8-15(10)16(18)11-6-13(19-2)9-14(7-11)20-3/h4-7,9,15-16,18H,1,8H2,2-3H3/t15-,16+/m0/s1. The maximum Gasteiger partial charge on any atom is 0.156 e. The van der Waals surface area contributed by atoms with E-state index in [1.165, 1.54) is 6.08 Å². The van der Waals surface area contributed by atoms with Crippen molar-refractivity contribution in [2.75, 3.05) is 14.2 Å². The van der Waals surface area contributed by atoms with Gasteiger partial charge in [0.2, 0.25) is 0 Å². The number of ether oxygens (including phenoxy) is 2. The Kier molecular flexibility index (Phi) is 4.25. The first-order valence-corrected chi connectivity index (χ1v) is 6.36. The molecule has 1 aliphatic rings. The van der Waals surface area contributed by atoms with Crippen LogP contribution in [-0.2, 0) is 4.79 Å². The van der Waals surface area contributed by atoms with E-state index in [1.54, 1.807) is 38.5 Å². The quantitative estimate of drug-likeness (QED) is 0.916. The topological polar surface area (TPSA) is 55.8 Å². The Labute approximate surface area is 118 Å². The van der Waals surface area contributed by atoms with Gasteiger partial charge in [-0.3, -0.25) is 4.79 Å². The van der Waals surface area contributed by atoms with E-state index in [1.807, 2.05) is 0 Å². The molecule has 1 aromatic rings. The van der Waals surface area contributed by atoms with Crippen LogP contribution in [0.1, 0.15) is 18.1 Å². The normalized spacial score (nSPS) is 19.9. The third-order valence-corrected chi connectivity index (χ3v) is 3.48. The molecule has 0 fully saturated rings. The van der Waals surface area contributed by atoms with E-state index in [2.05, 4.69) is 6.58 Å². The number of carbonyl (C=O) groups excluding carboxylic acids is 1. The Balaban J connectivity index is 2.32. The Morgan fingerprint density at radius 3 is 2.35 bits per heavy atom. The molecule has 4 nitrogen and oxygen atoms in total. The number of ketones is 1. The molecule has 0 amide bonds. The van der Waals surface area contributed by atoms with Crippen LogP contribution in [-0.4, -0.2) is 25.1 Å². The predicted molar refractivity (Wildman–Crippen MR) is 75.9 cm³/mol. The molecule has 0 spiro atoms. The summed E-state index contributed by atoms with van der Waals surface area (Å²) < 4.78 is 10.4. The fourth-order valence-corrected chi connectivity index (χ4v) is 2.29. The average molecular weight is 274 g/mol. The smallest absolute Gasteiger partial charge is 0.156 e. The predicted octanol–water partition coefficient (Wildman–Crippen LogP) is 2.44. The number of benzene rings is 1. The maximum atomic E-state index is 11.5. The fraction of sp³-hybridized carbons (Fsp3) is 0.312. The molecule has 1 aliphatic carbocycles. The van der Waals surface area contributed by atoms with Gasteiger partial charge in [0.25, 0.3) is 0 Å². The summed E-state index contributed by atoms with van der Waals surface area (Å²) in [5, 5.41) is 10.5. The Hall–Kier alpha value is -2.07. The van der Waals surface area contributed by atoms with Gasteiger partial charge in [-0.1, -0.05) is 12.7 Å². The van der Waals surface area contributed by atoms with Crippen molar-refractivity contribution in [3.05, 3.63) is 48.1 Å². The van der Waals surface area contributed by atoms with Gasteiger partial charge in [-0.25, -0.2) is 0 Å². The molecular weight excluding hydrogens is 256 g/mol. The summed E-state index contributed by atoms with van der Waals surface area (Å²) in [4.78, 5) is 11.5. The van der Waals surface area contributed by atoms with Gasteiger partial charge in [0, 0.05) is 18.4 Å². The van der Waals surface area contributed by atoms with Crippen molar-refractivity contribution in [1.82, 2.24) is 0 Å². The van der Waals surface area contributed by atoms with Gasteiger partial charge in [0.15, 0.2) is 5.78 Å². The minimum absolute atomic E-state index is 0.00342. The Morgan fingerprint density at radius 1 is 1.20 bits per heavy atom. The second-order valence-corrected chi connectivity index (χ2v) is 4.78. The molecule has 20 heavy (non-hydrogen) atoms. The van der Waals surface area contributed by atoms with E-state index >= 15 is 0 Å². The second-order valence-electron chi connectivity index (χ2n) is 4.78. The number of carbonyl (C=O) groups is 1. The molecule has 0 unspecified atom stereocenters. The second kappa shape index (κ2) is 5.92. The lowest BCUT2D eigenvalue weighted by Crippen LogP contribution is -2.20. The molecule has 106 valence electrons. The molecule has 1 aromatic carbocycles. The van der Waals surface area contributed by atoms with Crippen molar-refractivity contribution in [1.29, 1.82) is 0 Å². The number of rotatable bonds is 4. The highest BCUT2D eigenvalue weighted by Gasteiger charge is 2.27. The number of allylic oxidation sites excluding steroid dienone is 2. The van der Waals surface area contributed by atoms with Crippen LogP contribution < -0.4 is 9.47 Å². The van der Waals surface area contributed by atoms with Crippen molar-refractivity contribution < 1.29 is 19.4 Å². The van der Waals surface area contributed by atoms with Crippen LogP contribution in [0.4, 0.5) is 0 Å². The molecular formula is C16H18O4. The number of aliphatic hydroxyl groups is 1.